The van der Waals surface area contributed by atoms with Gasteiger partial charge in [-0.1, -0.05) is 0 Å². The lowest BCUT2D eigenvalue weighted by molar-refractivity contribution is -0.905. The van der Waals surface area contributed by atoms with Crippen molar-refractivity contribution in [1.29, 1.82) is 0 Å². The van der Waals surface area contributed by atoms with Crippen LogP contribution in [0, 0.1) is 0 Å². The van der Waals surface area contributed by atoms with Gasteiger partial charge in [-0.3, -0.25) is 0 Å². The summed E-state index contributed by atoms with van der Waals surface area (Å²) in [5.41, 5.74) is 3.86. The lowest BCUT2D eigenvalue weighted by Crippen LogP contribution is -3.12. The van der Waals surface area contributed by atoms with E-state index in [1.807, 2.05) is 4.90 Å². The fraction of sp³-hybridized carbons (Fsp3) is 1.00. The van der Waals surface area contributed by atoms with Crippen LogP contribution in [0.15, 0.2) is 0 Å². The summed E-state index contributed by atoms with van der Waals surface area (Å²) in [6.45, 7) is 5.41. The van der Waals surface area contributed by atoms with Crippen LogP contribution in [-0.4, -0.2) is 26.2 Å². The molecule has 1 rings (SSSR count). The molecule has 0 aliphatic carbocycles. The van der Waals surface area contributed by atoms with Crippen LogP contribution in [0.3, 0.4) is 0 Å². The van der Waals surface area contributed by atoms with Gasteiger partial charge in [0.25, 0.3) is 0 Å². The first-order chi connectivity index (χ1) is 5.93. The molecule has 0 radical (unpaired) electrons. The highest BCUT2D eigenvalue weighted by Crippen LogP contribution is 1.95. The fourth-order valence-corrected chi connectivity index (χ4v) is 2.03. The van der Waals surface area contributed by atoms with Crippen LogP contribution >= 0.6 is 0 Å². The van der Waals surface area contributed by atoms with E-state index in [2.05, 4.69) is 5.73 Å². The van der Waals surface area contributed by atoms with Gasteiger partial charge < -0.3 is 10.6 Å². The number of quaternary nitrogens is 2. The van der Waals surface area contributed by atoms with Crippen LogP contribution in [0.1, 0.15) is 38.5 Å². The van der Waals surface area contributed by atoms with E-state index in [1.165, 1.54) is 58.2 Å². The second-order valence-electron chi connectivity index (χ2n) is 3.97. The predicted molar refractivity (Wildman–Crippen MR) is 51.0 cm³/mol. The monoisotopic (exact) mass is 172 g/mol. The molecule has 4 N–H and O–H groups in total. The van der Waals surface area contributed by atoms with Gasteiger partial charge in [-0.2, -0.15) is 0 Å². The van der Waals surface area contributed by atoms with Gasteiger partial charge in [0, 0.05) is 0 Å². The average Bonchev–Trinajstić information content (AvgIpc) is 2.14. The van der Waals surface area contributed by atoms with Gasteiger partial charge in [-0.15, -0.1) is 0 Å². The summed E-state index contributed by atoms with van der Waals surface area (Å²) in [5, 5.41) is 0. The van der Waals surface area contributed by atoms with E-state index in [9.17, 15) is 0 Å². The molecule has 0 atom stereocenters. The zero-order valence-corrected chi connectivity index (χ0v) is 8.28. The van der Waals surface area contributed by atoms with Crippen molar-refractivity contribution in [3.63, 3.8) is 0 Å². The SMILES string of the molecule is [NH3+]CCCCC[NH+]1CCCCC1. The molecule has 0 unspecified atom stereocenters. The Labute approximate surface area is 76.1 Å². The number of unbranched alkanes of at least 4 members (excludes halogenated alkanes) is 2. The first kappa shape index (κ1) is 10.0. The number of hydrogen-bond donors (Lipinski definition) is 2. The second-order valence-corrected chi connectivity index (χ2v) is 3.97. The Kier molecular flexibility index (Phi) is 5.37. The van der Waals surface area contributed by atoms with Gasteiger partial charge in [-0.25, -0.2) is 0 Å². The van der Waals surface area contributed by atoms with Crippen molar-refractivity contribution in [1.82, 2.24) is 0 Å². The number of likely N-dealkylation sites (tertiary alicyclic amines) is 1. The Hall–Kier alpha value is -0.0800. The average molecular weight is 172 g/mol. The first-order valence-corrected chi connectivity index (χ1v) is 5.56. The first-order valence-electron chi connectivity index (χ1n) is 5.56. The van der Waals surface area contributed by atoms with Gasteiger partial charge in [0.2, 0.25) is 0 Å². The minimum absolute atomic E-state index is 1.12. The van der Waals surface area contributed by atoms with E-state index in [0.29, 0.717) is 0 Å². The Bertz CT molecular complexity index is 98.0. The lowest BCUT2D eigenvalue weighted by Gasteiger charge is -2.23. The van der Waals surface area contributed by atoms with E-state index >= 15 is 0 Å². The molecule has 0 aromatic rings. The predicted octanol–water partition coefficient (Wildman–Crippen LogP) is -0.533. The van der Waals surface area contributed by atoms with Crippen LogP contribution in [0.25, 0.3) is 0 Å². The third-order valence-corrected chi connectivity index (χ3v) is 2.84. The summed E-state index contributed by atoms with van der Waals surface area (Å²) in [5.74, 6) is 0. The van der Waals surface area contributed by atoms with Crippen molar-refractivity contribution in [3.8, 4) is 0 Å². The Morgan fingerprint density at radius 1 is 0.917 bits per heavy atom. The van der Waals surface area contributed by atoms with Gasteiger partial charge >= 0.3 is 0 Å². The van der Waals surface area contributed by atoms with Crippen LogP contribution < -0.4 is 10.6 Å². The maximum absolute atomic E-state index is 3.86. The minimum atomic E-state index is 1.12. The van der Waals surface area contributed by atoms with E-state index in [-0.39, 0.29) is 0 Å². The molecule has 1 heterocycles. The summed E-state index contributed by atoms with van der Waals surface area (Å²) < 4.78 is 0. The maximum atomic E-state index is 3.86. The van der Waals surface area contributed by atoms with E-state index in [4.69, 9.17) is 0 Å². The molecule has 0 bridgehead atoms. The zero-order valence-electron chi connectivity index (χ0n) is 8.28. The molecule has 0 aromatic heterocycles. The van der Waals surface area contributed by atoms with Crippen molar-refractivity contribution in [3.05, 3.63) is 0 Å². The van der Waals surface area contributed by atoms with Crippen molar-refractivity contribution < 1.29 is 10.6 Å². The fourth-order valence-electron chi connectivity index (χ4n) is 2.03. The molecule has 0 aromatic carbocycles. The highest BCUT2D eigenvalue weighted by atomic mass is 15.1. The van der Waals surface area contributed by atoms with Crippen molar-refractivity contribution in [2.75, 3.05) is 26.2 Å². The van der Waals surface area contributed by atoms with E-state index in [1.54, 1.807) is 0 Å². The third kappa shape index (κ3) is 4.07. The van der Waals surface area contributed by atoms with E-state index < -0.39 is 0 Å². The van der Waals surface area contributed by atoms with E-state index in [0.717, 1.165) is 6.54 Å². The summed E-state index contributed by atoms with van der Waals surface area (Å²) in [6.07, 6.45) is 8.54. The molecule has 2 heteroatoms. The van der Waals surface area contributed by atoms with Crippen LogP contribution in [0.4, 0.5) is 0 Å². The summed E-state index contributed by atoms with van der Waals surface area (Å²) in [7, 11) is 0. The molecule has 1 saturated heterocycles. The number of hydrogen-bond acceptors (Lipinski definition) is 0. The molecule has 1 aliphatic rings. The summed E-state index contributed by atoms with van der Waals surface area (Å²) >= 11 is 0. The number of rotatable bonds is 5. The molecule has 1 fully saturated rings. The Morgan fingerprint density at radius 2 is 1.67 bits per heavy atom. The number of piperidine rings is 1. The largest absolute Gasteiger partial charge is 0.358 e. The van der Waals surface area contributed by atoms with Gasteiger partial charge in [-0.05, 0) is 38.5 Å². The molecular formula is C10H24N2+2. The molecule has 1 aliphatic heterocycles. The molecule has 0 amide bonds. The molecule has 0 saturated carbocycles. The Morgan fingerprint density at radius 3 is 2.33 bits per heavy atom. The van der Waals surface area contributed by atoms with Gasteiger partial charge in [0.05, 0.1) is 26.2 Å². The molecule has 72 valence electrons. The molecule has 12 heavy (non-hydrogen) atoms. The van der Waals surface area contributed by atoms with Crippen molar-refractivity contribution in [2.45, 2.75) is 38.5 Å². The zero-order chi connectivity index (χ0) is 8.65. The summed E-state index contributed by atoms with van der Waals surface area (Å²) in [4.78, 5) is 1.85. The number of nitrogens with one attached hydrogen (secondary N) is 1. The van der Waals surface area contributed by atoms with Crippen LogP contribution in [-0.2, 0) is 0 Å². The second kappa shape index (κ2) is 6.44. The smallest absolute Gasteiger partial charge is 0.0770 e. The molecular weight excluding hydrogens is 148 g/mol. The highest BCUT2D eigenvalue weighted by Gasteiger charge is 2.11. The quantitative estimate of drug-likeness (QED) is 0.523. The molecule has 0 spiro atoms. The third-order valence-electron chi connectivity index (χ3n) is 2.84. The molecule has 2 nitrogen and oxygen atoms in total. The maximum Gasteiger partial charge on any atom is 0.0770 e. The van der Waals surface area contributed by atoms with Crippen LogP contribution in [0.2, 0.25) is 0 Å². The van der Waals surface area contributed by atoms with Gasteiger partial charge in [0.15, 0.2) is 0 Å². The minimum Gasteiger partial charge on any atom is -0.358 e. The highest BCUT2D eigenvalue weighted by molar-refractivity contribution is 4.46. The topological polar surface area (TPSA) is 32.1 Å². The van der Waals surface area contributed by atoms with Crippen LogP contribution in [0.5, 0.6) is 0 Å². The standard InChI is InChI=1S/C10H22N2/c11-7-3-1-4-8-12-9-5-2-6-10-12/h1-11H2/p+2. The Balaban J connectivity index is 1.91. The van der Waals surface area contributed by atoms with Crippen molar-refractivity contribution in [2.24, 2.45) is 0 Å². The lowest BCUT2D eigenvalue weighted by atomic mass is 10.1. The van der Waals surface area contributed by atoms with Crippen molar-refractivity contribution >= 4 is 0 Å². The normalized spacial score (nSPS) is 19.8. The van der Waals surface area contributed by atoms with Gasteiger partial charge in [0.1, 0.15) is 0 Å². The summed E-state index contributed by atoms with van der Waals surface area (Å²) in [6, 6.07) is 0.